The Kier molecular flexibility index (Phi) is 6.01. The monoisotopic (exact) mass is 395 g/mol. The molecule has 0 fully saturated rings. The average Bonchev–Trinajstić information content (AvgIpc) is 2.54. The maximum atomic E-state index is 13.6. The van der Waals surface area contributed by atoms with E-state index in [4.69, 9.17) is 12.2 Å². The van der Waals surface area contributed by atoms with Crippen LogP contribution in [0, 0.1) is 5.82 Å². The molecule has 0 atom stereocenters. The van der Waals surface area contributed by atoms with Crippen molar-refractivity contribution >= 4 is 44.9 Å². The zero-order chi connectivity index (χ0) is 19.3. The minimum atomic E-state index is -3.94. The van der Waals surface area contributed by atoms with Gasteiger partial charge < -0.3 is 5.32 Å². The molecule has 3 N–H and O–H groups in total. The first-order chi connectivity index (χ1) is 12.2. The standard InChI is InChI=1S/C16H14FN3O4S2/c1-10(21)20-26(23,24)12-8-6-11(7-9-12)18-16(25)19-15(22)13-4-2-3-5-14(13)17/h2-9H,1H3,(H,20,21)(H2,18,19,22,25). The molecule has 136 valence electrons. The molecule has 0 bridgehead atoms. The first kappa shape index (κ1) is 19.5. The summed E-state index contributed by atoms with van der Waals surface area (Å²) in [7, 11) is -3.94. The molecule has 0 spiro atoms. The Balaban J connectivity index is 2.03. The fraction of sp³-hybridized carbons (Fsp3) is 0.0625. The number of rotatable bonds is 4. The van der Waals surface area contributed by atoms with Gasteiger partial charge in [-0.25, -0.2) is 17.5 Å². The number of sulfonamides is 1. The van der Waals surface area contributed by atoms with Crippen LogP contribution in [0.4, 0.5) is 10.1 Å². The van der Waals surface area contributed by atoms with Crippen molar-refractivity contribution in [1.82, 2.24) is 10.0 Å². The van der Waals surface area contributed by atoms with Crippen molar-refractivity contribution in [3.63, 3.8) is 0 Å². The van der Waals surface area contributed by atoms with Crippen molar-refractivity contribution in [2.45, 2.75) is 11.8 Å². The van der Waals surface area contributed by atoms with Gasteiger partial charge in [0.25, 0.3) is 15.9 Å². The van der Waals surface area contributed by atoms with Crippen molar-refractivity contribution in [3.8, 4) is 0 Å². The molecule has 0 aliphatic heterocycles. The third-order valence-electron chi connectivity index (χ3n) is 3.05. The van der Waals surface area contributed by atoms with Crippen LogP contribution in [-0.2, 0) is 14.8 Å². The van der Waals surface area contributed by atoms with Crippen LogP contribution in [0.1, 0.15) is 17.3 Å². The van der Waals surface area contributed by atoms with Gasteiger partial charge in [0.2, 0.25) is 5.91 Å². The Morgan fingerprint density at radius 1 is 1.04 bits per heavy atom. The van der Waals surface area contributed by atoms with Gasteiger partial charge in [-0.2, -0.15) is 0 Å². The van der Waals surface area contributed by atoms with E-state index in [1.165, 1.54) is 42.5 Å². The van der Waals surface area contributed by atoms with Crippen molar-refractivity contribution in [3.05, 3.63) is 59.9 Å². The Hall–Kier alpha value is -2.85. The summed E-state index contributed by atoms with van der Waals surface area (Å²) < 4.78 is 39.1. The van der Waals surface area contributed by atoms with Crippen molar-refractivity contribution in [2.24, 2.45) is 0 Å². The highest BCUT2D eigenvalue weighted by Gasteiger charge is 2.16. The van der Waals surface area contributed by atoms with Gasteiger partial charge in [0, 0.05) is 12.6 Å². The molecule has 0 saturated carbocycles. The van der Waals surface area contributed by atoms with Gasteiger partial charge >= 0.3 is 0 Å². The second-order valence-electron chi connectivity index (χ2n) is 5.07. The van der Waals surface area contributed by atoms with Crippen LogP contribution in [0.15, 0.2) is 53.4 Å². The molecule has 0 aliphatic rings. The fourth-order valence-corrected chi connectivity index (χ4v) is 3.14. The predicted octanol–water partition coefficient (Wildman–Crippen LogP) is 1.78. The maximum absolute atomic E-state index is 13.6. The first-order valence-electron chi connectivity index (χ1n) is 7.19. The smallest absolute Gasteiger partial charge is 0.264 e. The molecule has 7 nitrogen and oxygen atoms in total. The maximum Gasteiger partial charge on any atom is 0.264 e. The minimum Gasteiger partial charge on any atom is -0.332 e. The van der Waals surface area contributed by atoms with Crippen LogP contribution in [0.25, 0.3) is 0 Å². The topological polar surface area (TPSA) is 104 Å². The van der Waals surface area contributed by atoms with Gasteiger partial charge in [-0.05, 0) is 48.6 Å². The number of carbonyl (C=O) groups is 2. The highest BCUT2D eigenvalue weighted by Crippen LogP contribution is 2.14. The molecular weight excluding hydrogens is 381 g/mol. The molecule has 2 aromatic rings. The highest BCUT2D eigenvalue weighted by molar-refractivity contribution is 7.90. The van der Waals surface area contributed by atoms with E-state index in [0.29, 0.717) is 5.69 Å². The number of hydrogen-bond donors (Lipinski definition) is 3. The Morgan fingerprint density at radius 3 is 2.23 bits per heavy atom. The largest absolute Gasteiger partial charge is 0.332 e. The Bertz CT molecular complexity index is 960. The van der Waals surface area contributed by atoms with E-state index in [0.717, 1.165) is 13.0 Å². The van der Waals surface area contributed by atoms with Gasteiger partial charge in [-0.15, -0.1) is 0 Å². The molecule has 2 rings (SSSR count). The van der Waals surface area contributed by atoms with Gasteiger partial charge in [0.05, 0.1) is 10.5 Å². The van der Waals surface area contributed by atoms with E-state index in [2.05, 4.69) is 10.6 Å². The lowest BCUT2D eigenvalue weighted by Crippen LogP contribution is -2.34. The number of carbonyl (C=O) groups excluding carboxylic acids is 2. The summed E-state index contributed by atoms with van der Waals surface area (Å²) in [6, 6.07) is 10.8. The number of nitrogens with one attached hydrogen (secondary N) is 3. The van der Waals surface area contributed by atoms with E-state index >= 15 is 0 Å². The van der Waals surface area contributed by atoms with Gasteiger partial charge in [-0.3, -0.25) is 14.9 Å². The quantitative estimate of drug-likeness (QED) is 0.682. The Labute approximate surface area is 154 Å². The van der Waals surface area contributed by atoms with Crippen molar-refractivity contribution in [2.75, 3.05) is 5.32 Å². The number of hydrogen-bond acceptors (Lipinski definition) is 5. The second kappa shape index (κ2) is 8.02. The van der Waals surface area contributed by atoms with Crippen molar-refractivity contribution in [1.29, 1.82) is 0 Å². The normalized spacial score (nSPS) is 10.7. The van der Waals surface area contributed by atoms with Crippen LogP contribution >= 0.6 is 12.2 Å². The van der Waals surface area contributed by atoms with E-state index in [-0.39, 0.29) is 15.6 Å². The van der Waals surface area contributed by atoms with Gasteiger partial charge in [-0.1, -0.05) is 12.1 Å². The molecule has 10 heteroatoms. The van der Waals surface area contributed by atoms with Crippen LogP contribution in [0.2, 0.25) is 0 Å². The first-order valence-corrected chi connectivity index (χ1v) is 9.08. The van der Waals surface area contributed by atoms with E-state index < -0.39 is 27.7 Å². The van der Waals surface area contributed by atoms with E-state index in [1.807, 2.05) is 4.72 Å². The third-order valence-corrected chi connectivity index (χ3v) is 4.70. The van der Waals surface area contributed by atoms with Crippen LogP contribution in [-0.4, -0.2) is 25.3 Å². The molecule has 0 unspecified atom stereocenters. The second-order valence-corrected chi connectivity index (χ2v) is 7.16. The van der Waals surface area contributed by atoms with Crippen LogP contribution in [0.5, 0.6) is 0 Å². The summed E-state index contributed by atoms with van der Waals surface area (Å²) in [5.41, 5.74) is 0.235. The summed E-state index contributed by atoms with van der Waals surface area (Å²) in [4.78, 5) is 22.7. The Morgan fingerprint density at radius 2 is 1.65 bits per heavy atom. The molecule has 0 radical (unpaired) electrons. The molecule has 0 aliphatic carbocycles. The lowest BCUT2D eigenvalue weighted by Gasteiger charge is -2.11. The van der Waals surface area contributed by atoms with Gasteiger partial charge in [0.15, 0.2) is 5.11 Å². The predicted molar refractivity (Wildman–Crippen MR) is 97.5 cm³/mol. The highest BCUT2D eigenvalue weighted by atomic mass is 32.2. The molecule has 0 saturated heterocycles. The molecule has 0 aromatic heterocycles. The number of anilines is 1. The molecule has 26 heavy (non-hydrogen) atoms. The molecule has 2 amide bonds. The molecule has 0 heterocycles. The summed E-state index contributed by atoms with van der Waals surface area (Å²) in [6.45, 7) is 1.09. The lowest BCUT2D eigenvalue weighted by molar-refractivity contribution is -0.117. The SMILES string of the molecule is CC(=O)NS(=O)(=O)c1ccc(NC(=S)NC(=O)c2ccccc2F)cc1. The minimum absolute atomic E-state index is 0.0873. The fourth-order valence-electron chi connectivity index (χ4n) is 1.94. The average molecular weight is 395 g/mol. The number of thiocarbonyl (C=S) groups is 1. The summed E-state index contributed by atoms with van der Waals surface area (Å²) >= 11 is 4.98. The van der Waals surface area contributed by atoms with E-state index in [1.54, 1.807) is 0 Å². The van der Waals surface area contributed by atoms with Gasteiger partial charge in [0.1, 0.15) is 5.82 Å². The summed E-state index contributed by atoms with van der Waals surface area (Å²) in [5, 5.41) is 4.91. The number of amides is 2. The van der Waals surface area contributed by atoms with Crippen molar-refractivity contribution < 1.29 is 22.4 Å². The van der Waals surface area contributed by atoms with E-state index in [9.17, 15) is 22.4 Å². The number of halogens is 1. The third kappa shape index (κ3) is 5.07. The molecular formula is C16H14FN3O4S2. The molecule has 2 aromatic carbocycles. The summed E-state index contributed by atoms with van der Waals surface area (Å²) in [6.07, 6.45) is 0. The number of benzene rings is 2. The zero-order valence-corrected chi connectivity index (χ0v) is 15.1. The lowest BCUT2D eigenvalue weighted by atomic mass is 10.2. The zero-order valence-electron chi connectivity index (χ0n) is 13.4. The van der Waals surface area contributed by atoms with Crippen LogP contribution in [0.3, 0.4) is 0 Å². The van der Waals surface area contributed by atoms with Crippen LogP contribution < -0.4 is 15.4 Å². The summed E-state index contributed by atoms with van der Waals surface area (Å²) in [5.74, 6) is -2.10.